The molecule has 1 atom stereocenters. The average Bonchev–Trinajstić information content (AvgIpc) is 2.92. The minimum atomic E-state index is -0.381. The zero-order chi connectivity index (χ0) is 10.8. The molecule has 0 radical (unpaired) electrons. The van der Waals surface area contributed by atoms with E-state index in [1.54, 1.807) is 11.5 Å². The molecule has 0 spiro atoms. The molecule has 1 fully saturated rings. The molecule has 0 aromatic carbocycles. The van der Waals surface area contributed by atoms with E-state index in [0.717, 1.165) is 12.8 Å². The standard InChI is InChI=1S/C10H13N3O2/c1-7(10(15)12-8-2-3-8)13-6-11-4-9(13)5-14/h4-8H,2-3H2,1H3,(H,12,15). The van der Waals surface area contributed by atoms with Crippen molar-refractivity contribution in [2.45, 2.75) is 31.8 Å². The van der Waals surface area contributed by atoms with E-state index in [4.69, 9.17) is 0 Å². The van der Waals surface area contributed by atoms with Gasteiger partial charge in [0.1, 0.15) is 11.7 Å². The van der Waals surface area contributed by atoms with Crippen LogP contribution >= 0.6 is 0 Å². The van der Waals surface area contributed by atoms with Crippen LogP contribution in [0.1, 0.15) is 36.3 Å². The summed E-state index contributed by atoms with van der Waals surface area (Å²) in [6.07, 6.45) is 5.77. The Balaban J connectivity index is 2.08. The number of hydrogen-bond donors (Lipinski definition) is 1. The zero-order valence-electron chi connectivity index (χ0n) is 8.51. The van der Waals surface area contributed by atoms with Gasteiger partial charge in [-0.1, -0.05) is 0 Å². The third kappa shape index (κ3) is 2.06. The van der Waals surface area contributed by atoms with Gasteiger partial charge in [0.2, 0.25) is 5.91 Å². The first-order chi connectivity index (χ1) is 7.22. The van der Waals surface area contributed by atoms with Crippen molar-refractivity contribution in [3.8, 4) is 0 Å². The molecule has 1 aromatic heterocycles. The summed E-state index contributed by atoms with van der Waals surface area (Å²) in [6.45, 7) is 1.76. The Morgan fingerprint density at radius 3 is 3.07 bits per heavy atom. The van der Waals surface area contributed by atoms with Gasteiger partial charge in [0.25, 0.3) is 0 Å². The van der Waals surface area contributed by atoms with Crippen LogP contribution in [0.25, 0.3) is 0 Å². The Kier molecular flexibility index (Phi) is 2.53. The van der Waals surface area contributed by atoms with Crippen molar-refractivity contribution in [3.05, 3.63) is 18.2 Å². The van der Waals surface area contributed by atoms with E-state index in [9.17, 15) is 9.59 Å². The van der Waals surface area contributed by atoms with E-state index in [1.165, 1.54) is 12.5 Å². The lowest BCUT2D eigenvalue weighted by Gasteiger charge is -2.14. The predicted octanol–water partition coefficient (Wildman–Crippen LogP) is 0.535. The SMILES string of the molecule is CC(C(=O)NC1CC1)n1cncc1C=O. The largest absolute Gasteiger partial charge is 0.352 e. The third-order valence-corrected chi connectivity index (χ3v) is 2.54. The topological polar surface area (TPSA) is 64.0 Å². The van der Waals surface area contributed by atoms with Crippen LogP contribution < -0.4 is 5.32 Å². The summed E-state index contributed by atoms with van der Waals surface area (Å²) in [5, 5.41) is 2.89. The van der Waals surface area contributed by atoms with Gasteiger partial charge in [0.05, 0.1) is 12.5 Å². The highest BCUT2D eigenvalue weighted by Gasteiger charge is 2.26. The molecule has 1 unspecified atom stereocenters. The maximum atomic E-state index is 11.7. The maximum absolute atomic E-state index is 11.7. The highest BCUT2D eigenvalue weighted by atomic mass is 16.2. The van der Waals surface area contributed by atoms with Crippen molar-refractivity contribution in [2.24, 2.45) is 0 Å². The Hall–Kier alpha value is -1.65. The number of aromatic nitrogens is 2. The smallest absolute Gasteiger partial charge is 0.243 e. The Bertz CT molecular complexity index is 382. The normalized spacial score (nSPS) is 17.1. The molecule has 2 rings (SSSR count). The fourth-order valence-electron chi connectivity index (χ4n) is 1.41. The van der Waals surface area contributed by atoms with Gasteiger partial charge in [0.15, 0.2) is 6.29 Å². The molecular formula is C10H13N3O2. The first-order valence-corrected chi connectivity index (χ1v) is 4.99. The number of rotatable bonds is 4. The van der Waals surface area contributed by atoms with Crippen LogP contribution in [-0.2, 0) is 4.79 Å². The molecule has 1 aliphatic carbocycles. The Morgan fingerprint density at radius 1 is 1.73 bits per heavy atom. The van der Waals surface area contributed by atoms with Crippen LogP contribution in [-0.4, -0.2) is 27.8 Å². The molecule has 15 heavy (non-hydrogen) atoms. The summed E-state index contributed by atoms with van der Waals surface area (Å²) < 4.78 is 1.57. The number of carbonyl (C=O) groups excluding carboxylic acids is 2. The molecule has 0 aliphatic heterocycles. The van der Waals surface area contributed by atoms with Crippen LogP contribution in [0.3, 0.4) is 0 Å². The predicted molar refractivity (Wildman–Crippen MR) is 53.5 cm³/mol. The van der Waals surface area contributed by atoms with Gasteiger partial charge in [-0.05, 0) is 19.8 Å². The van der Waals surface area contributed by atoms with Crippen molar-refractivity contribution in [1.29, 1.82) is 0 Å². The second-order valence-corrected chi connectivity index (χ2v) is 3.80. The lowest BCUT2D eigenvalue weighted by molar-refractivity contribution is -0.124. The van der Waals surface area contributed by atoms with E-state index in [1.807, 2.05) is 0 Å². The van der Waals surface area contributed by atoms with E-state index < -0.39 is 0 Å². The molecule has 1 heterocycles. The van der Waals surface area contributed by atoms with Crippen LogP contribution in [0.5, 0.6) is 0 Å². The molecule has 1 N–H and O–H groups in total. The van der Waals surface area contributed by atoms with Crippen LogP contribution in [0.15, 0.2) is 12.5 Å². The quantitative estimate of drug-likeness (QED) is 0.733. The number of imidazole rings is 1. The van der Waals surface area contributed by atoms with Crippen LogP contribution in [0.2, 0.25) is 0 Å². The second-order valence-electron chi connectivity index (χ2n) is 3.80. The van der Waals surface area contributed by atoms with Gasteiger partial charge in [0, 0.05) is 6.04 Å². The monoisotopic (exact) mass is 207 g/mol. The molecular weight excluding hydrogens is 194 g/mol. The van der Waals surface area contributed by atoms with Crippen molar-refractivity contribution in [3.63, 3.8) is 0 Å². The number of nitrogens with one attached hydrogen (secondary N) is 1. The van der Waals surface area contributed by atoms with Gasteiger partial charge >= 0.3 is 0 Å². The van der Waals surface area contributed by atoms with Crippen LogP contribution in [0.4, 0.5) is 0 Å². The van der Waals surface area contributed by atoms with Crippen LogP contribution in [0, 0.1) is 0 Å². The summed E-state index contributed by atoms with van der Waals surface area (Å²) in [5.74, 6) is -0.0569. The first kappa shape index (κ1) is 9.89. The Labute approximate surface area is 87.5 Å². The lowest BCUT2D eigenvalue weighted by Crippen LogP contribution is -2.32. The summed E-state index contributed by atoms with van der Waals surface area (Å²) in [7, 11) is 0. The number of hydrogen-bond acceptors (Lipinski definition) is 3. The van der Waals surface area contributed by atoms with Gasteiger partial charge in [-0.15, -0.1) is 0 Å². The van der Waals surface area contributed by atoms with Gasteiger partial charge < -0.3 is 9.88 Å². The van der Waals surface area contributed by atoms with Crippen molar-refractivity contribution in [2.75, 3.05) is 0 Å². The first-order valence-electron chi connectivity index (χ1n) is 4.99. The summed E-state index contributed by atoms with van der Waals surface area (Å²) in [4.78, 5) is 26.2. The highest BCUT2D eigenvalue weighted by Crippen LogP contribution is 2.20. The maximum Gasteiger partial charge on any atom is 0.243 e. The van der Waals surface area contributed by atoms with E-state index in [2.05, 4.69) is 10.3 Å². The van der Waals surface area contributed by atoms with Gasteiger partial charge in [-0.2, -0.15) is 0 Å². The van der Waals surface area contributed by atoms with E-state index in [0.29, 0.717) is 18.0 Å². The third-order valence-electron chi connectivity index (χ3n) is 2.54. The lowest BCUT2D eigenvalue weighted by atomic mass is 10.3. The molecule has 5 heteroatoms. The summed E-state index contributed by atoms with van der Waals surface area (Å²) in [6, 6.07) is -0.0450. The summed E-state index contributed by atoms with van der Waals surface area (Å²) in [5.41, 5.74) is 0.424. The minimum Gasteiger partial charge on any atom is -0.352 e. The van der Waals surface area contributed by atoms with Crippen molar-refractivity contribution >= 4 is 12.2 Å². The summed E-state index contributed by atoms with van der Waals surface area (Å²) >= 11 is 0. The molecule has 1 saturated carbocycles. The molecule has 0 bridgehead atoms. The van der Waals surface area contributed by atoms with Gasteiger partial charge in [-0.3, -0.25) is 9.59 Å². The fourth-order valence-corrected chi connectivity index (χ4v) is 1.41. The Morgan fingerprint density at radius 2 is 2.47 bits per heavy atom. The second kappa shape index (κ2) is 3.84. The number of carbonyl (C=O) groups is 2. The number of aldehydes is 1. The number of amides is 1. The van der Waals surface area contributed by atoms with Gasteiger partial charge in [-0.25, -0.2) is 4.98 Å². The highest BCUT2D eigenvalue weighted by molar-refractivity contribution is 5.82. The minimum absolute atomic E-state index is 0.0569. The molecule has 1 amide bonds. The van der Waals surface area contributed by atoms with Crippen molar-refractivity contribution in [1.82, 2.24) is 14.9 Å². The molecule has 80 valence electrons. The van der Waals surface area contributed by atoms with E-state index in [-0.39, 0.29) is 11.9 Å². The fraction of sp³-hybridized carbons (Fsp3) is 0.500. The van der Waals surface area contributed by atoms with E-state index >= 15 is 0 Å². The molecule has 0 saturated heterocycles. The molecule has 5 nitrogen and oxygen atoms in total. The molecule has 1 aliphatic rings. The average molecular weight is 207 g/mol. The number of nitrogens with zero attached hydrogens (tertiary/aromatic N) is 2. The molecule has 1 aromatic rings. The zero-order valence-corrected chi connectivity index (χ0v) is 8.51. The van der Waals surface area contributed by atoms with Crippen molar-refractivity contribution < 1.29 is 9.59 Å².